The highest BCUT2D eigenvalue weighted by molar-refractivity contribution is 5.90. The molecule has 6 nitrogen and oxygen atoms in total. The van der Waals surface area contributed by atoms with Crippen molar-refractivity contribution < 1.29 is 9.90 Å². The van der Waals surface area contributed by atoms with Crippen LogP contribution in [0.25, 0.3) is 0 Å². The number of aromatic carboxylic acids is 1. The lowest BCUT2D eigenvalue weighted by atomic mass is 10.1. The summed E-state index contributed by atoms with van der Waals surface area (Å²) in [5.74, 6) is -0.0308. The molecule has 1 N–H and O–H groups in total. The summed E-state index contributed by atoms with van der Waals surface area (Å²) in [5.41, 5.74) is 0.0198. The Morgan fingerprint density at radius 1 is 1.56 bits per heavy atom. The fourth-order valence-corrected chi connectivity index (χ4v) is 2.41. The summed E-state index contributed by atoms with van der Waals surface area (Å²) < 4.78 is 0. The summed E-state index contributed by atoms with van der Waals surface area (Å²) in [5, 5.41) is 9.08. The lowest BCUT2D eigenvalue weighted by Gasteiger charge is -2.22. The molecule has 2 heterocycles. The topological polar surface area (TPSA) is 69.6 Å². The minimum Gasteiger partial charge on any atom is -0.476 e. The number of anilines is 1. The molecule has 0 spiro atoms. The van der Waals surface area contributed by atoms with Gasteiger partial charge in [-0.05, 0) is 25.9 Å². The van der Waals surface area contributed by atoms with Crippen LogP contribution in [0, 0.1) is 5.92 Å². The Hall–Kier alpha value is -1.69. The quantitative estimate of drug-likeness (QED) is 0.842. The highest BCUT2D eigenvalue weighted by Gasteiger charge is 2.23. The zero-order valence-corrected chi connectivity index (χ0v) is 10.7. The van der Waals surface area contributed by atoms with Crippen molar-refractivity contribution in [3.8, 4) is 0 Å². The summed E-state index contributed by atoms with van der Waals surface area (Å²) in [6.07, 6.45) is 4.08. The molecule has 0 radical (unpaired) electrons. The Bertz CT molecular complexity index is 438. The second-order valence-electron chi connectivity index (χ2n) is 4.83. The third kappa shape index (κ3) is 2.76. The molecule has 6 heteroatoms. The van der Waals surface area contributed by atoms with Crippen molar-refractivity contribution in [2.24, 2.45) is 5.92 Å². The maximum absolute atomic E-state index is 11.1. The van der Waals surface area contributed by atoms with E-state index in [0.717, 1.165) is 26.1 Å². The van der Waals surface area contributed by atoms with E-state index in [4.69, 9.17) is 5.11 Å². The Kier molecular flexibility index (Phi) is 3.76. The first-order valence-electron chi connectivity index (χ1n) is 6.02. The molecule has 1 saturated heterocycles. The van der Waals surface area contributed by atoms with Gasteiger partial charge in [0.05, 0.1) is 0 Å². The predicted molar refractivity (Wildman–Crippen MR) is 67.9 cm³/mol. The maximum atomic E-state index is 11.1. The number of hydrogen-bond acceptors (Lipinski definition) is 5. The normalized spacial score (nSPS) is 20.0. The van der Waals surface area contributed by atoms with Gasteiger partial charge in [-0.25, -0.2) is 14.8 Å². The first-order chi connectivity index (χ1) is 8.58. The van der Waals surface area contributed by atoms with Gasteiger partial charge in [0.25, 0.3) is 0 Å². The van der Waals surface area contributed by atoms with Crippen LogP contribution in [0.3, 0.4) is 0 Å². The molecule has 98 valence electrons. The third-order valence-corrected chi connectivity index (χ3v) is 3.26. The van der Waals surface area contributed by atoms with Gasteiger partial charge in [-0.1, -0.05) is 0 Å². The summed E-state index contributed by atoms with van der Waals surface area (Å²) in [7, 11) is 3.97. The van der Waals surface area contributed by atoms with Crippen molar-refractivity contribution in [3.05, 3.63) is 18.1 Å². The second kappa shape index (κ2) is 5.30. The van der Waals surface area contributed by atoms with Gasteiger partial charge in [0.1, 0.15) is 0 Å². The molecule has 1 unspecified atom stereocenters. The van der Waals surface area contributed by atoms with Gasteiger partial charge in [-0.15, -0.1) is 0 Å². The zero-order valence-electron chi connectivity index (χ0n) is 10.7. The molecule has 1 aliphatic heterocycles. The summed E-state index contributed by atoms with van der Waals surface area (Å²) >= 11 is 0. The number of aromatic nitrogens is 2. The Morgan fingerprint density at radius 2 is 2.28 bits per heavy atom. The Labute approximate surface area is 106 Å². The Balaban J connectivity index is 2.09. The minimum absolute atomic E-state index is 0.0198. The number of carbonyl (C=O) groups is 1. The molecular formula is C12H18N4O2. The SMILES string of the molecule is CN1CCC(CN(C)c2nccnc2C(=O)O)C1. The molecule has 1 aromatic rings. The van der Waals surface area contributed by atoms with Crippen LogP contribution in [0.1, 0.15) is 16.9 Å². The molecule has 18 heavy (non-hydrogen) atoms. The number of likely N-dealkylation sites (tertiary alicyclic amines) is 1. The monoisotopic (exact) mass is 250 g/mol. The fourth-order valence-electron chi connectivity index (χ4n) is 2.41. The second-order valence-corrected chi connectivity index (χ2v) is 4.83. The van der Waals surface area contributed by atoms with E-state index in [0.29, 0.717) is 11.7 Å². The molecular weight excluding hydrogens is 232 g/mol. The van der Waals surface area contributed by atoms with Crippen LogP contribution in [0.15, 0.2) is 12.4 Å². The predicted octanol–water partition coefficient (Wildman–Crippen LogP) is 0.563. The molecule has 0 saturated carbocycles. The molecule has 0 aliphatic carbocycles. The van der Waals surface area contributed by atoms with Crippen molar-refractivity contribution in [1.82, 2.24) is 14.9 Å². The van der Waals surface area contributed by atoms with Crippen molar-refractivity contribution in [2.45, 2.75) is 6.42 Å². The van der Waals surface area contributed by atoms with Gasteiger partial charge in [0.15, 0.2) is 11.5 Å². The van der Waals surface area contributed by atoms with Crippen LogP contribution in [0.4, 0.5) is 5.82 Å². The first-order valence-corrected chi connectivity index (χ1v) is 6.02. The van der Waals surface area contributed by atoms with E-state index < -0.39 is 5.97 Å². The smallest absolute Gasteiger partial charge is 0.358 e. The number of hydrogen-bond donors (Lipinski definition) is 1. The first kappa shape index (κ1) is 12.8. The summed E-state index contributed by atoms with van der Waals surface area (Å²) in [6.45, 7) is 2.96. The number of nitrogens with zero attached hydrogens (tertiary/aromatic N) is 4. The van der Waals surface area contributed by atoms with Crippen LogP contribution in [0.2, 0.25) is 0 Å². The van der Waals surface area contributed by atoms with Gasteiger partial charge >= 0.3 is 5.97 Å². The van der Waals surface area contributed by atoms with Crippen LogP contribution >= 0.6 is 0 Å². The van der Waals surface area contributed by atoms with E-state index in [1.54, 1.807) is 0 Å². The molecule has 0 aromatic carbocycles. The van der Waals surface area contributed by atoms with E-state index in [9.17, 15) is 4.79 Å². The van der Waals surface area contributed by atoms with Crippen molar-refractivity contribution >= 4 is 11.8 Å². The van der Waals surface area contributed by atoms with E-state index in [2.05, 4.69) is 21.9 Å². The molecule has 2 rings (SSSR count). The zero-order chi connectivity index (χ0) is 13.1. The average Bonchev–Trinajstić information content (AvgIpc) is 2.74. The molecule has 1 fully saturated rings. The molecule has 1 aromatic heterocycles. The van der Waals surface area contributed by atoms with E-state index in [-0.39, 0.29) is 5.69 Å². The average molecular weight is 250 g/mol. The maximum Gasteiger partial charge on any atom is 0.358 e. The van der Waals surface area contributed by atoms with E-state index >= 15 is 0 Å². The van der Waals surface area contributed by atoms with Crippen molar-refractivity contribution in [1.29, 1.82) is 0 Å². The molecule has 0 bridgehead atoms. The minimum atomic E-state index is -1.03. The summed E-state index contributed by atoms with van der Waals surface area (Å²) in [4.78, 5) is 23.3. The van der Waals surface area contributed by atoms with Crippen LogP contribution in [0.5, 0.6) is 0 Å². The van der Waals surface area contributed by atoms with E-state index in [1.807, 2.05) is 11.9 Å². The van der Waals surface area contributed by atoms with Gasteiger partial charge in [-0.3, -0.25) is 0 Å². The van der Waals surface area contributed by atoms with Gasteiger partial charge in [-0.2, -0.15) is 0 Å². The van der Waals surface area contributed by atoms with Crippen molar-refractivity contribution in [3.63, 3.8) is 0 Å². The molecule has 1 aliphatic rings. The van der Waals surface area contributed by atoms with E-state index in [1.165, 1.54) is 12.4 Å². The van der Waals surface area contributed by atoms with Gasteiger partial charge in [0, 0.05) is 32.5 Å². The highest BCUT2D eigenvalue weighted by Crippen LogP contribution is 2.19. The van der Waals surface area contributed by atoms with Crippen LogP contribution < -0.4 is 4.90 Å². The molecule has 0 amide bonds. The fraction of sp³-hybridized carbons (Fsp3) is 0.583. The summed E-state index contributed by atoms with van der Waals surface area (Å²) in [6, 6.07) is 0. The standard InChI is InChI=1S/C12H18N4O2/c1-15-6-3-9(7-15)8-16(2)11-10(12(17)18)13-4-5-14-11/h4-5,9H,3,6-8H2,1-2H3,(H,17,18). The lowest BCUT2D eigenvalue weighted by molar-refractivity contribution is 0.0690. The highest BCUT2D eigenvalue weighted by atomic mass is 16.4. The van der Waals surface area contributed by atoms with Gasteiger partial charge < -0.3 is 14.9 Å². The Morgan fingerprint density at radius 3 is 2.89 bits per heavy atom. The third-order valence-electron chi connectivity index (χ3n) is 3.26. The molecule has 1 atom stereocenters. The number of carboxylic acids is 1. The van der Waals surface area contributed by atoms with Gasteiger partial charge in [0.2, 0.25) is 0 Å². The number of carboxylic acid groups (broad SMARTS) is 1. The van der Waals surface area contributed by atoms with Crippen molar-refractivity contribution in [2.75, 3.05) is 38.6 Å². The van der Waals surface area contributed by atoms with Crippen LogP contribution in [-0.2, 0) is 0 Å². The van der Waals surface area contributed by atoms with Crippen LogP contribution in [-0.4, -0.2) is 59.7 Å². The largest absolute Gasteiger partial charge is 0.476 e. The lowest BCUT2D eigenvalue weighted by Crippen LogP contribution is -2.29. The number of rotatable bonds is 4.